The Hall–Kier alpha value is -2.20. The summed E-state index contributed by atoms with van der Waals surface area (Å²) in [6.45, 7) is 8.70. The molecule has 0 atom stereocenters. The highest BCUT2D eigenvalue weighted by Gasteiger charge is 2.18. The maximum absolute atomic E-state index is 13.3. The van der Waals surface area contributed by atoms with Gasteiger partial charge < -0.3 is 4.57 Å². The quantitative estimate of drug-likeness (QED) is 0.728. The number of halogens is 1. The molecular formula is C22H27FN2O. The number of likely N-dealkylation sites (tertiary alicyclic amines) is 1. The van der Waals surface area contributed by atoms with E-state index in [1.54, 1.807) is 25.1 Å². The van der Waals surface area contributed by atoms with Gasteiger partial charge in [-0.1, -0.05) is 6.42 Å². The second-order valence-electron chi connectivity index (χ2n) is 7.21. The zero-order valence-corrected chi connectivity index (χ0v) is 15.9. The SMILES string of the molecule is CC(=O)C=C(CN1CCCCC1)c1cc(C)n(-c2ccc(F)cc2)c1C. The maximum Gasteiger partial charge on any atom is 0.152 e. The van der Waals surface area contributed by atoms with E-state index in [0.717, 1.165) is 47.8 Å². The molecule has 4 heteroatoms. The van der Waals surface area contributed by atoms with Crippen LogP contribution >= 0.6 is 0 Å². The second kappa shape index (κ2) is 8.00. The van der Waals surface area contributed by atoms with Gasteiger partial charge in [0.1, 0.15) is 5.82 Å². The fourth-order valence-electron chi connectivity index (χ4n) is 3.89. The maximum atomic E-state index is 13.3. The minimum Gasteiger partial charge on any atom is -0.318 e. The zero-order valence-electron chi connectivity index (χ0n) is 15.9. The van der Waals surface area contributed by atoms with Crippen molar-refractivity contribution < 1.29 is 9.18 Å². The molecule has 138 valence electrons. The molecule has 1 fully saturated rings. The van der Waals surface area contributed by atoms with Crippen LogP contribution in [0.2, 0.25) is 0 Å². The third-order valence-electron chi connectivity index (χ3n) is 5.08. The predicted octanol–water partition coefficient (Wildman–Crippen LogP) is 4.69. The van der Waals surface area contributed by atoms with E-state index in [1.165, 1.54) is 31.4 Å². The molecule has 0 aliphatic carbocycles. The van der Waals surface area contributed by atoms with Gasteiger partial charge in [0.15, 0.2) is 5.78 Å². The fraction of sp³-hybridized carbons (Fsp3) is 0.409. The Kier molecular flexibility index (Phi) is 5.72. The number of hydrogen-bond donors (Lipinski definition) is 0. The molecule has 0 unspecified atom stereocenters. The Morgan fingerprint density at radius 1 is 1.12 bits per heavy atom. The van der Waals surface area contributed by atoms with Crippen molar-refractivity contribution in [3.05, 3.63) is 59.2 Å². The van der Waals surface area contributed by atoms with Gasteiger partial charge in [-0.25, -0.2) is 4.39 Å². The van der Waals surface area contributed by atoms with Crippen molar-refractivity contribution in [1.82, 2.24) is 9.47 Å². The van der Waals surface area contributed by atoms with Crippen molar-refractivity contribution in [2.24, 2.45) is 0 Å². The summed E-state index contributed by atoms with van der Waals surface area (Å²) in [5.41, 5.74) is 5.28. The molecule has 26 heavy (non-hydrogen) atoms. The van der Waals surface area contributed by atoms with Gasteiger partial charge >= 0.3 is 0 Å². The number of benzene rings is 1. The molecular weight excluding hydrogens is 327 g/mol. The van der Waals surface area contributed by atoms with Gasteiger partial charge in [0.25, 0.3) is 0 Å². The Bertz CT molecular complexity index is 811. The van der Waals surface area contributed by atoms with Crippen LogP contribution in [0.25, 0.3) is 11.3 Å². The lowest BCUT2D eigenvalue weighted by molar-refractivity contribution is -0.112. The van der Waals surface area contributed by atoms with E-state index < -0.39 is 0 Å². The van der Waals surface area contributed by atoms with Gasteiger partial charge in [0, 0.05) is 29.2 Å². The van der Waals surface area contributed by atoms with Crippen molar-refractivity contribution in [3.63, 3.8) is 0 Å². The standard InChI is InChI=1S/C22H27FN2O/c1-16-13-22(18(3)25(16)21-9-7-20(23)8-10-21)19(14-17(2)26)15-24-11-5-4-6-12-24/h7-10,13-14H,4-6,11-12,15H2,1-3H3. The van der Waals surface area contributed by atoms with Crippen LogP contribution in [-0.4, -0.2) is 34.9 Å². The Labute approximate surface area is 155 Å². The van der Waals surface area contributed by atoms with E-state index in [0.29, 0.717) is 0 Å². The molecule has 0 amide bonds. The number of aromatic nitrogens is 1. The third kappa shape index (κ3) is 4.13. The van der Waals surface area contributed by atoms with Crippen molar-refractivity contribution >= 4 is 11.4 Å². The number of allylic oxidation sites excluding steroid dienone is 1. The molecule has 1 saturated heterocycles. The molecule has 0 spiro atoms. The van der Waals surface area contributed by atoms with Crippen LogP contribution in [0.1, 0.15) is 43.1 Å². The minimum absolute atomic E-state index is 0.0728. The van der Waals surface area contributed by atoms with Gasteiger partial charge in [-0.15, -0.1) is 0 Å². The first kappa shape index (κ1) is 18.6. The summed E-state index contributed by atoms with van der Waals surface area (Å²) in [6, 6.07) is 8.68. The molecule has 1 aliphatic rings. The van der Waals surface area contributed by atoms with E-state index in [2.05, 4.69) is 22.5 Å². The monoisotopic (exact) mass is 354 g/mol. The number of hydrogen-bond acceptors (Lipinski definition) is 2. The van der Waals surface area contributed by atoms with Crippen LogP contribution in [0.15, 0.2) is 36.4 Å². The summed E-state index contributed by atoms with van der Waals surface area (Å²) < 4.78 is 15.4. The van der Waals surface area contributed by atoms with Crippen LogP contribution in [0.5, 0.6) is 0 Å². The van der Waals surface area contributed by atoms with Gasteiger partial charge in [-0.2, -0.15) is 0 Å². The highest BCUT2D eigenvalue weighted by Crippen LogP contribution is 2.28. The van der Waals surface area contributed by atoms with Crippen molar-refractivity contribution in [2.45, 2.75) is 40.0 Å². The van der Waals surface area contributed by atoms with Crippen LogP contribution in [0, 0.1) is 19.7 Å². The lowest BCUT2D eigenvalue weighted by Gasteiger charge is -2.27. The van der Waals surface area contributed by atoms with E-state index >= 15 is 0 Å². The smallest absolute Gasteiger partial charge is 0.152 e. The van der Waals surface area contributed by atoms with Crippen molar-refractivity contribution in [1.29, 1.82) is 0 Å². The average Bonchev–Trinajstić information content (AvgIpc) is 2.90. The lowest BCUT2D eigenvalue weighted by atomic mass is 10.0. The number of piperidine rings is 1. The summed E-state index contributed by atoms with van der Waals surface area (Å²) >= 11 is 0. The highest BCUT2D eigenvalue weighted by atomic mass is 19.1. The van der Waals surface area contributed by atoms with E-state index in [9.17, 15) is 9.18 Å². The molecule has 0 bridgehead atoms. The average molecular weight is 354 g/mol. The molecule has 1 aromatic carbocycles. The molecule has 0 saturated carbocycles. The molecule has 2 aromatic rings. The van der Waals surface area contributed by atoms with Gasteiger partial charge in [0.05, 0.1) is 0 Å². The summed E-state index contributed by atoms with van der Waals surface area (Å²) in [5, 5.41) is 0. The Morgan fingerprint density at radius 2 is 1.77 bits per heavy atom. The molecule has 0 N–H and O–H groups in total. The topological polar surface area (TPSA) is 25.2 Å². The van der Waals surface area contributed by atoms with Crippen LogP contribution < -0.4 is 0 Å². The minimum atomic E-state index is -0.237. The van der Waals surface area contributed by atoms with Crippen molar-refractivity contribution in [3.8, 4) is 5.69 Å². The normalized spacial score (nSPS) is 16.1. The number of ketones is 1. The summed E-state index contributed by atoms with van der Waals surface area (Å²) in [7, 11) is 0. The fourth-order valence-corrected chi connectivity index (χ4v) is 3.89. The van der Waals surface area contributed by atoms with E-state index in [-0.39, 0.29) is 11.6 Å². The molecule has 3 nitrogen and oxygen atoms in total. The third-order valence-corrected chi connectivity index (χ3v) is 5.08. The summed E-state index contributed by atoms with van der Waals surface area (Å²) in [4.78, 5) is 14.3. The zero-order chi connectivity index (χ0) is 18.7. The first-order chi connectivity index (χ1) is 12.5. The Morgan fingerprint density at radius 3 is 2.38 bits per heavy atom. The second-order valence-corrected chi connectivity index (χ2v) is 7.21. The number of carbonyl (C=O) groups is 1. The highest BCUT2D eigenvalue weighted by molar-refractivity contribution is 5.95. The number of rotatable bonds is 5. The van der Waals surface area contributed by atoms with Gasteiger partial charge in [-0.05, 0) is 88.7 Å². The molecule has 3 rings (SSSR count). The first-order valence-corrected chi connectivity index (χ1v) is 9.34. The van der Waals surface area contributed by atoms with Gasteiger partial charge in [0.2, 0.25) is 0 Å². The van der Waals surface area contributed by atoms with Crippen molar-refractivity contribution in [2.75, 3.05) is 19.6 Å². The number of carbonyl (C=O) groups excluding carboxylic acids is 1. The lowest BCUT2D eigenvalue weighted by Crippen LogP contribution is -2.31. The number of aryl methyl sites for hydroxylation is 1. The molecule has 1 aliphatic heterocycles. The van der Waals surface area contributed by atoms with Crippen LogP contribution in [-0.2, 0) is 4.79 Å². The largest absolute Gasteiger partial charge is 0.318 e. The first-order valence-electron chi connectivity index (χ1n) is 9.34. The molecule has 2 heterocycles. The predicted molar refractivity (Wildman–Crippen MR) is 104 cm³/mol. The summed E-state index contributed by atoms with van der Waals surface area (Å²) in [5.74, 6) is -0.165. The number of nitrogens with zero attached hydrogens (tertiary/aromatic N) is 2. The summed E-state index contributed by atoms with van der Waals surface area (Å²) in [6.07, 6.45) is 5.51. The van der Waals surface area contributed by atoms with Gasteiger partial charge in [-0.3, -0.25) is 9.69 Å². The van der Waals surface area contributed by atoms with Crippen LogP contribution in [0.3, 0.4) is 0 Å². The van der Waals surface area contributed by atoms with E-state index in [1.807, 2.05) is 6.92 Å². The molecule has 1 aromatic heterocycles. The Balaban J connectivity index is 1.98. The molecule has 0 radical (unpaired) electrons. The van der Waals surface area contributed by atoms with Crippen LogP contribution in [0.4, 0.5) is 4.39 Å². The van der Waals surface area contributed by atoms with E-state index in [4.69, 9.17) is 0 Å².